The number of carbonyl (C=O) groups is 1. The zero-order chi connectivity index (χ0) is 12.7. The third-order valence-electron chi connectivity index (χ3n) is 1.91. The van der Waals surface area contributed by atoms with Crippen LogP contribution in [0.25, 0.3) is 0 Å². The monoisotopic (exact) mass is 293 g/mol. The van der Waals surface area contributed by atoms with E-state index in [4.69, 9.17) is 5.11 Å². The van der Waals surface area contributed by atoms with Gasteiger partial charge in [0.2, 0.25) is 5.13 Å². The van der Waals surface area contributed by atoms with E-state index in [-0.39, 0.29) is 5.75 Å². The normalized spacial score (nSPS) is 12.4. The number of aliphatic carboxylic acids is 1. The first-order valence-corrected chi connectivity index (χ1v) is 8.28. The minimum Gasteiger partial charge on any atom is -0.481 e. The van der Waals surface area contributed by atoms with Crippen molar-refractivity contribution in [1.29, 1.82) is 0 Å². The van der Waals surface area contributed by atoms with Gasteiger partial charge in [-0.25, -0.2) is 0 Å². The Bertz CT molecular complexity index is 359. The van der Waals surface area contributed by atoms with Gasteiger partial charge < -0.3 is 10.4 Å². The van der Waals surface area contributed by atoms with Crippen LogP contribution in [-0.2, 0) is 4.79 Å². The zero-order valence-corrected chi connectivity index (χ0v) is 12.1. The van der Waals surface area contributed by atoms with Crippen LogP contribution in [0.3, 0.4) is 0 Å². The van der Waals surface area contributed by atoms with Gasteiger partial charge in [-0.2, -0.15) is 11.8 Å². The van der Waals surface area contributed by atoms with Crippen LogP contribution in [0.2, 0.25) is 0 Å². The first-order chi connectivity index (χ1) is 8.15. The Morgan fingerprint density at radius 1 is 1.59 bits per heavy atom. The summed E-state index contributed by atoms with van der Waals surface area (Å²) in [6.45, 7) is 2.12. The fourth-order valence-electron chi connectivity index (χ4n) is 1.09. The second-order valence-electron chi connectivity index (χ2n) is 3.26. The van der Waals surface area contributed by atoms with Gasteiger partial charge in [0.25, 0.3) is 0 Å². The van der Waals surface area contributed by atoms with Gasteiger partial charge in [0.05, 0.1) is 5.75 Å². The first-order valence-electron chi connectivity index (χ1n) is 5.09. The quantitative estimate of drug-likeness (QED) is 0.712. The molecule has 0 aromatic carbocycles. The van der Waals surface area contributed by atoms with Gasteiger partial charge in [0, 0.05) is 11.8 Å². The van der Waals surface area contributed by atoms with Crippen molar-refractivity contribution in [3.63, 3.8) is 0 Å². The van der Waals surface area contributed by atoms with Crippen LogP contribution in [0, 0.1) is 0 Å². The Balaban J connectivity index is 2.46. The SMILES string of the molecule is CCC(CSC)Nc1nnc(SCC(=O)O)s1. The van der Waals surface area contributed by atoms with E-state index < -0.39 is 5.97 Å². The molecule has 2 N–H and O–H groups in total. The smallest absolute Gasteiger partial charge is 0.313 e. The molecule has 5 nitrogen and oxygen atoms in total. The van der Waals surface area contributed by atoms with Gasteiger partial charge in [0.1, 0.15) is 0 Å². The van der Waals surface area contributed by atoms with Crippen molar-refractivity contribution < 1.29 is 9.90 Å². The molecule has 0 fully saturated rings. The molecule has 1 unspecified atom stereocenters. The minimum atomic E-state index is -0.839. The summed E-state index contributed by atoms with van der Waals surface area (Å²) in [5.74, 6) is 0.207. The van der Waals surface area contributed by atoms with Crippen molar-refractivity contribution in [1.82, 2.24) is 10.2 Å². The summed E-state index contributed by atoms with van der Waals surface area (Å²) < 4.78 is 0.689. The molecule has 96 valence electrons. The minimum absolute atomic E-state index is 0.0245. The Kier molecular flexibility index (Phi) is 6.68. The molecule has 1 rings (SSSR count). The highest BCUT2D eigenvalue weighted by atomic mass is 32.2. The largest absolute Gasteiger partial charge is 0.481 e. The number of thioether (sulfide) groups is 2. The zero-order valence-electron chi connectivity index (χ0n) is 9.67. The molecule has 0 aliphatic heterocycles. The van der Waals surface area contributed by atoms with Gasteiger partial charge >= 0.3 is 5.97 Å². The lowest BCUT2D eigenvalue weighted by Crippen LogP contribution is -2.20. The predicted octanol–water partition coefficient (Wildman–Crippen LogP) is 2.27. The van der Waals surface area contributed by atoms with Crippen LogP contribution in [0.4, 0.5) is 5.13 Å². The molecular weight excluding hydrogens is 278 g/mol. The number of carboxylic acid groups (broad SMARTS) is 1. The van der Waals surface area contributed by atoms with E-state index in [2.05, 4.69) is 28.7 Å². The second kappa shape index (κ2) is 7.78. The number of carboxylic acids is 1. The molecule has 1 aromatic rings. The highest BCUT2D eigenvalue weighted by Gasteiger charge is 2.10. The summed E-state index contributed by atoms with van der Waals surface area (Å²) in [5.41, 5.74) is 0. The van der Waals surface area contributed by atoms with Gasteiger partial charge in [-0.05, 0) is 12.7 Å². The molecule has 0 bridgehead atoms. The van der Waals surface area contributed by atoms with E-state index >= 15 is 0 Å². The number of aromatic nitrogens is 2. The van der Waals surface area contributed by atoms with Gasteiger partial charge in [-0.1, -0.05) is 30.0 Å². The van der Waals surface area contributed by atoms with Crippen molar-refractivity contribution in [3.05, 3.63) is 0 Å². The average Bonchev–Trinajstić information content (AvgIpc) is 2.73. The van der Waals surface area contributed by atoms with E-state index in [9.17, 15) is 4.79 Å². The van der Waals surface area contributed by atoms with Gasteiger partial charge in [0.15, 0.2) is 4.34 Å². The van der Waals surface area contributed by atoms with Crippen LogP contribution in [-0.4, -0.2) is 45.1 Å². The highest BCUT2D eigenvalue weighted by Crippen LogP contribution is 2.26. The number of anilines is 1. The fourth-order valence-corrected chi connectivity index (χ4v) is 3.36. The van der Waals surface area contributed by atoms with Crippen molar-refractivity contribution in [2.45, 2.75) is 23.7 Å². The molecule has 0 radical (unpaired) electrons. The Morgan fingerprint density at radius 3 is 2.94 bits per heavy atom. The Labute approximate surface area is 113 Å². The lowest BCUT2D eigenvalue weighted by molar-refractivity contribution is -0.133. The number of nitrogens with zero attached hydrogens (tertiary/aromatic N) is 2. The lowest BCUT2D eigenvalue weighted by Gasteiger charge is -2.13. The van der Waals surface area contributed by atoms with Gasteiger partial charge in [-0.15, -0.1) is 10.2 Å². The van der Waals surface area contributed by atoms with Crippen molar-refractivity contribution in [2.24, 2.45) is 0 Å². The summed E-state index contributed by atoms with van der Waals surface area (Å²) in [6, 6.07) is 0.385. The molecular formula is C9H15N3O2S3. The van der Waals surface area contributed by atoms with Crippen LogP contribution >= 0.6 is 34.9 Å². The van der Waals surface area contributed by atoms with E-state index in [1.807, 2.05) is 0 Å². The first kappa shape index (κ1) is 14.6. The van der Waals surface area contributed by atoms with Crippen LogP contribution in [0.5, 0.6) is 0 Å². The lowest BCUT2D eigenvalue weighted by atomic mass is 10.3. The summed E-state index contributed by atoms with van der Waals surface area (Å²) >= 11 is 4.38. The van der Waals surface area contributed by atoms with Crippen molar-refractivity contribution in [2.75, 3.05) is 23.1 Å². The number of hydrogen-bond acceptors (Lipinski definition) is 7. The summed E-state index contributed by atoms with van der Waals surface area (Å²) in [5, 5.41) is 20.5. The maximum Gasteiger partial charge on any atom is 0.313 e. The van der Waals surface area contributed by atoms with Gasteiger partial charge in [-0.3, -0.25) is 4.79 Å². The Hall–Kier alpha value is -0.470. The van der Waals surface area contributed by atoms with Crippen LogP contribution in [0.15, 0.2) is 4.34 Å². The summed E-state index contributed by atoms with van der Waals surface area (Å²) in [6.07, 6.45) is 3.09. The highest BCUT2D eigenvalue weighted by molar-refractivity contribution is 8.01. The number of nitrogens with one attached hydrogen (secondary N) is 1. The molecule has 0 aliphatic carbocycles. The molecule has 1 aromatic heterocycles. The number of hydrogen-bond donors (Lipinski definition) is 2. The summed E-state index contributed by atoms with van der Waals surface area (Å²) in [4.78, 5) is 10.4. The third kappa shape index (κ3) is 5.60. The topological polar surface area (TPSA) is 75.1 Å². The standard InChI is InChI=1S/C9H15N3O2S3/c1-3-6(4-15-2)10-8-11-12-9(17-8)16-5-7(13)14/h6H,3-5H2,1-2H3,(H,10,11)(H,13,14). The molecule has 0 aliphatic rings. The summed E-state index contributed by atoms with van der Waals surface area (Å²) in [7, 11) is 0. The van der Waals surface area contributed by atoms with Crippen LogP contribution in [0.1, 0.15) is 13.3 Å². The van der Waals surface area contributed by atoms with Crippen molar-refractivity contribution >= 4 is 46.0 Å². The maximum absolute atomic E-state index is 10.4. The van der Waals surface area contributed by atoms with E-state index in [0.29, 0.717) is 10.4 Å². The molecule has 0 spiro atoms. The molecule has 0 saturated heterocycles. The maximum atomic E-state index is 10.4. The molecule has 1 heterocycles. The van der Waals surface area contributed by atoms with E-state index in [0.717, 1.165) is 17.3 Å². The van der Waals surface area contributed by atoms with Crippen molar-refractivity contribution in [3.8, 4) is 0 Å². The van der Waals surface area contributed by atoms with E-state index in [1.54, 1.807) is 11.8 Å². The molecule has 0 amide bonds. The predicted molar refractivity (Wildman–Crippen MR) is 74.4 cm³/mol. The fraction of sp³-hybridized carbons (Fsp3) is 0.667. The average molecular weight is 293 g/mol. The third-order valence-corrected chi connectivity index (χ3v) is 4.62. The molecule has 1 atom stereocenters. The Morgan fingerprint density at radius 2 is 2.35 bits per heavy atom. The van der Waals surface area contributed by atoms with Crippen LogP contribution < -0.4 is 5.32 Å². The second-order valence-corrected chi connectivity index (χ2v) is 6.37. The molecule has 0 saturated carbocycles. The van der Waals surface area contributed by atoms with E-state index in [1.165, 1.54) is 23.1 Å². The molecule has 8 heteroatoms. The number of rotatable bonds is 8. The molecule has 17 heavy (non-hydrogen) atoms.